The highest BCUT2D eigenvalue weighted by molar-refractivity contribution is 7.94. The topological polar surface area (TPSA) is 76.1 Å². The highest BCUT2D eigenvalue weighted by Gasteiger charge is 2.61. The van der Waals surface area contributed by atoms with Gasteiger partial charge in [0.05, 0.1) is 4.90 Å². The summed E-state index contributed by atoms with van der Waals surface area (Å²) in [5.74, 6) is -0.490. The van der Waals surface area contributed by atoms with E-state index >= 15 is 0 Å². The number of carbonyl (C=O) groups excluding carboxylic acids is 1. The molecule has 1 aromatic heterocycles. The van der Waals surface area contributed by atoms with Crippen molar-refractivity contribution < 1.29 is 13.2 Å². The lowest BCUT2D eigenvalue weighted by atomic mass is 10.4. The summed E-state index contributed by atoms with van der Waals surface area (Å²) in [7, 11) is -3.67. The van der Waals surface area contributed by atoms with E-state index in [-0.39, 0.29) is 4.90 Å². The smallest absolute Gasteiger partial charge is 0.248 e. The number of benzene rings is 1. The molecule has 1 heterocycles. The van der Waals surface area contributed by atoms with Crippen LogP contribution in [0.2, 0.25) is 0 Å². The van der Waals surface area contributed by atoms with Gasteiger partial charge in [-0.1, -0.05) is 18.2 Å². The second-order valence-corrected chi connectivity index (χ2v) is 7.76. The monoisotopic (exact) mass is 308 g/mol. The van der Waals surface area contributed by atoms with Crippen LogP contribution < -0.4 is 5.32 Å². The number of rotatable bonds is 4. The summed E-state index contributed by atoms with van der Waals surface area (Å²) in [4.78, 5) is 16.4. The molecule has 0 unspecified atom stereocenters. The van der Waals surface area contributed by atoms with Crippen LogP contribution >= 0.6 is 11.3 Å². The Morgan fingerprint density at radius 1 is 1.25 bits per heavy atom. The van der Waals surface area contributed by atoms with Gasteiger partial charge in [-0.05, 0) is 25.0 Å². The van der Waals surface area contributed by atoms with Gasteiger partial charge < -0.3 is 5.32 Å². The first-order valence-electron chi connectivity index (χ1n) is 6.07. The van der Waals surface area contributed by atoms with Crippen LogP contribution in [0.15, 0.2) is 46.8 Å². The zero-order chi connectivity index (χ0) is 14.2. The van der Waals surface area contributed by atoms with Crippen molar-refractivity contribution >= 4 is 32.2 Å². The van der Waals surface area contributed by atoms with Crippen LogP contribution in [0.3, 0.4) is 0 Å². The third-order valence-corrected chi connectivity index (χ3v) is 6.54. The second-order valence-electron chi connectivity index (χ2n) is 4.60. The van der Waals surface area contributed by atoms with Gasteiger partial charge in [-0.3, -0.25) is 4.79 Å². The molecule has 20 heavy (non-hydrogen) atoms. The summed E-state index contributed by atoms with van der Waals surface area (Å²) in [6.45, 7) is 0. The summed E-state index contributed by atoms with van der Waals surface area (Å²) in [5.41, 5.74) is 0. The SMILES string of the molecule is O=C(Nc1nccs1)C1(S(=O)(=O)c2ccccc2)CC1. The molecule has 1 fully saturated rings. The number of anilines is 1. The highest BCUT2D eigenvalue weighted by Crippen LogP contribution is 2.47. The molecule has 0 radical (unpaired) electrons. The summed E-state index contributed by atoms with van der Waals surface area (Å²) < 4.78 is 23.9. The van der Waals surface area contributed by atoms with Gasteiger partial charge in [0.15, 0.2) is 19.7 Å². The van der Waals surface area contributed by atoms with Crippen LogP contribution in [0, 0.1) is 0 Å². The third-order valence-electron chi connectivity index (χ3n) is 3.34. The van der Waals surface area contributed by atoms with Crippen LogP contribution in [0.4, 0.5) is 5.13 Å². The van der Waals surface area contributed by atoms with E-state index in [9.17, 15) is 13.2 Å². The van der Waals surface area contributed by atoms with Crippen LogP contribution in [0.1, 0.15) is 12.8 Å². The summed E-state index contributed by atoms with van der Waals surface area (Å²) in [5, 5.41) is 4.73. The van der Waals surface area contributed by atoms with Gasteiger partial charge in [0, 0.05) is 11.6 Å². The number of hydrogen-bond acceptors (Lipinski definition) is 5. The van der Waals surface area contributed by atoms with Crippen molar-refractivity contribution in [2.24, 2.45) is 0 Å². The van der Waals surface area contributed by atoms with E-state index in [4.69, 9.17) is 0 Å². The molecule has 0 atom stereocenters. The number of thiazole rings is 1. The average molecular weight is 308 g/mol. The van der Waals surface area contributed by atoms with E-state index in [1.165, 1.54) is 23.5 Å². The molecule has 1 amide bonds. The number of sulfone groups is 1. The molecular weight excluding hydrogens is 296 g/mol. The van der Waals surface area contributed by atoms with Crippen LogP contribution in [-0.4, -0.2) is 24.1 Å². The first-order chi connectivity index (χ1) is 9.56. The lowest BCUT2D eigenvalue weighted by Crippen LogP contribution is -2.37. The lowest BCUT2D eigenvalue weighted by molar-refractivity contribution is -0.116. The minimum absolute atomic E-state index is 0.187. The van der Waals surface area contributed by atoms with Gasteiger partial charge in [-0.25, -0.2) is 13.4 Å². The second kappa shape index (κ2) is 4.68. The molecule has 3 rings (SSSR count). The fourth-order valence-corrected chi connectivity index (χ4v) is 4.48. The maximum atomic E-state index is 12.6. The van der Waals surface area contributed by atoms with Gasteiger partial charge in [0.25, 0.3) is 0 Å². The molecule has 104 valence electrons. The largest absolute Gasteiger partial charge is 0.301 e. The highest BCUT2D eigenvalue weighted by atomic mass is 32.2. The Morgan fingerprint density at radius 3 is 2.50 bits per heavy atom. The Kier molecular flexibility index (Phi) is 3.10. The fraction of sp³-hybridized carbons (Fsp3) is 0.231. The molecular formula is C13H12N2O3S2. The van der Waals surface area contributed by atoms with Crippen LogP contribution in [0.5, 0.6) is 0 Å². The molecule has 1 aliphatic carbocycles. The van der Waals surface area contributed by atoms with Crippen molar-refractivity contribution in [3.63, 3.8) is 0 Å². The van der Waals surface area contributed by atoms with Gasteiger partial charge in [-0.2, -0.15) is 0 Å². The Bertz CT molecular complexity index is 720. The summed E-state index contributed by atoms with van der Waals surface area (Å²) >= 11 is 1.26. The molecule has 2 aromatic rings. The molecule has 7 heteroatoms. The van der Waals surface area contributed by atoms with Crippen molar-refractivity contribution in [3.8, 4) is 0 Å². The molecule has 1 aliphatic rings. The molecule has 0 spiro atoms. The number of carbonyl (C=O) groups is 1. The first-order valence-corrected chi connectivity index (χ1v) is 8.43. The zero-order valence-corrected chi connectivity index (χ0v) is 12.1. The Balaban J connectivity index is 1.91. The first kappa shape index (κ1) is 13.3. The van der Waals surface area contributed by atoms with Crippen molar-refractivity contribution in [1.29, 1.82) is 0 Å². The van der Waals surface area contributed by atoms with E-state index < -0.39 is 20.5 Å². The minimum Gasteiger partial charge on any atom is -0.301 e. The third kappa shape index (κ3) is 2.03. The molecule has 1 N–H and O–H groups in total. The van der Waals surface area contributed by atoms with E-state index in [0.29, 0.717) is 18.0 Å². The molecule has 0 aliphatic heterocycles. The van der Waals surface area contributed by atoms with Crippen molar-refractivity contribution in [3.05, 3.63) is 41.9 Å². The zero-order valence-electron chi connectivity index (χ0n) is 10.4. The number of hydrogen-bond donors (Lipinski definition) is 1. The standard InChI is InChI=1S/C13H12N2O3S2/c16-11(15-12-14-8-9-19-12)13(6-7-13)20(17,18)10-4-2-1-3-5-10/h1-5,8-9H,6-7H2,(H,14,15,16). The average Bonchev–Trinajstić information content (AvgIpc) is 3.14. The van der Waals surface area contributed by atoms with Crippen molar-refractivity contribution in [2.75, 3.05) is 5.32 Å². The van der Waals surface area contributed by atoms with Crippen LogP contribution in [-0.2, 0) is 14.6 Å². The predicted octanol–water partition coefficient (Wildman–Crippen LogP) is 2.09. The molecule has 1 saturated carbocycles. The number of nitrogens with one attached hydrogen (secondary N) is 1. The van der Waals surface area contributed by atoms with E-state index in [1.807, 2.05) is 0 Å². The number of amides is 1. The van der Waals surface area contributed by atoms with Gasteiger partial charge >= 0.3 is 0 Å². The predicted molar refractivity (Wildman–Crippen MR) is 76.3 cm³/mol. The summed E-state index contributed by atoms with van der Waals surface area (Å²) in [6, 6.07) is 8.09. The molecule has 5 nitrogen and oxygen atoms in total. The van der Waals surface area contributed by atoms with Crippen molar-refractivity contribution in [1.82, 2.24) is 4.98 Å². The lowest BCUT2D eigenvalue weighted by Gasteiger charge is -2.15. The van der Waals surface area contributed by atoms with E-state index in [1.54, 1.807) is 29.8 Å². The fourth-order valence-electron chi connectivity index (χ4n) is 2.05. The minimum atomic E-state index is -3.67. The quantitative estimate of drug-likeness (QED) is 0.938. The number of aromatic nitrogens is 1. The van der Waals surface area contributed by atoms with E-state index in [2.05, 4.69) is 10.3 Å². The van der Waals surface area contributed by atoms with Gasteiger partial charge in [0.2, 0.25) is 5.91 Å². The molecule has 1 aromatic carbocycles. The molecule has 0 bridgehead atoms. The van der Waals surface area contributed by atoms with E-state index in [0.717, 1.165) is 0 Å². The van der Waals surface area contributed by atoms with Crippen molar-refractivity contribution in [2.45, 2.75) is 22.5 Å². The Labute approximate surface area is 120 Å². The Hall–Kier alpha value is -1.73. The number of nitrogens with zero attached hydrogens (tertiary/aromatic N) is 1. The maximum Gasteiger partial charge on any atom is 0.248 e. The maximum absolute atomic E-state index is 12.6. The van der Waals surface area contributed by atoms with Crippen LogP contribution in [0.25, 0.3) is 0 Å². The van der Waals surface area contributed by atoms with Gasteiger partial charge in [0.1, 0.15) is 0 Å². The van der Waals surface area contributed by atoms with Gasteiger partial charge in [-0.15, -0.1) is 11.3 Å². The molecule has 0 saturated heterocycles. The summed E-state index contributed by atoms with van der Waals surface area (Å²) in [6.07, 6.45) is 2.26. The Morgan fingerprint density at radius 2 is 1.95 bits per heavy atom. The normalized spacial score (nSPS) is 16.6.